The Hall–Kier alpha value is -2.35. The molecule has 2 aliphatic carbocycles. The van der Waals surface area contributed by atoms with Crippen molar-refractivity contribution >= 4 is 61.4 Å². The van der Waals surface area contributed by atoms with Gasteiger partial charge in [-0.3, -0.25) is 14.2 Å². The number of nitrogens with one attached hydrogen (secondary N) is 1. The predicted molar refractivity (Wildman–Crippen MR) is 151 cm³/mol. The molecule has 4 aromatic rings. The number of rotatable bonds is 4. The van der Waals surface area contributed by atoms with Crippen molar-refractivity contribution in [2.45, 2.75) is 42.0 Å². The molecule has 0 spiro atoms. The van der Waals surface area contributed by atoms with Crippen molar-refractivity contribution in [3.05, 3.63) is 91.3 Å². The van der Waals surface area contributed by atoms with Gasteiger partial charge in [-0.1, -0.05) is 75.8 Å². The van der Waals surface area contributed by atoms with E-state index in [9.17, 15) is 9.59 Å². The molecule has 182 valence electrons. The molecule has 1 N–H and O–H groups in total. The summed E-state index contributed by atoms with van der Waals surface area (Å²) in [6, 6.07) is 22.6. The van der Waals surface area contributed by atoms with Crippen LogP contribution in [0.3, 0.4) is 0 Å². The summed E-state index contributed by atoms with van der Waals surface area (Å²) >= 11 is 6.80. The van der Waals surface area contributed by atoms with E-state index >= 15 is 0 Å². The second kappa shape index (κ2) is 8.89. The van der Waals surface area contributed by atoms with Crippen molar-refractivity contribution < 1.29 is 4.79 Å². The van der Waals surface area contributed by atoms with Crippen LogP contribution in [-0.4, -0.2) is 15.7 Å². The van der Waals surface area contributed by atoms with Gasteiger partial charge in [0.25, 0.3) is 0 Å². The Bertz CT molecular complexity index is 1540. The quantitative estimate of drug-likeness (QED) is 0.281. The molecule has 36 heavy (non-hydrogen) atoms. The van der Waals surface area contributed by atoms with Gasteiger partial charge >= 0.3 is 4.87 Å². The summed E-state index contributed by atoms with van der Waals surface area (Å²) in [4.78, 5) is 27.7. The molecule has 7 rings (SSSR count). The van der Waals surface area contributed by atoms with Crippen LogP contribution in [0.5, 0.6) is 0 Å². The van der Waals surface area contributed by atoms with E-state index in [2.05, 4.69) is 45.5 Å². The van der Waals surface area contributed by atoms with E-state index in [0.29, 0.717) is 17.1 Å². The van der Waals surface area contributed by atoms with E-state index in [-0.39, 0.29) is 23.2 Å². The van der Waals surface area contributed by atoms with Crippen molar-refractivity contribution in [1.82, 2.24) is 4.57 Å². The summed E-state index contributed by atoms with van der Waals surface area (Å²) in [5.41, 5.74) is 2.07. The molecule has 4 nitrogen and oxygen atoms in total. The number of thiazole rings is 1. The minimum atomic E-state index is -0.162. The van der Waals surface area contributed by atoms with Crippen LogP contribution in [0, 0.1) is 17.8 Å². The Morgan fingerprint density at radius 2 is 1.78 bits per heavy atom. The predicted octanol–water partition coefficient (Wildman–Crippen LogP) is 7.12. The van der Waals surface area contributed by atoms with E-state index in [0.717, 1.165) is 36.8 Å². The number of carbonyl (C=O) groups excluding carboxylic acids is 1. The van der Waals surface area contributed by atoms with E-state index in [1.165, 1.54) is 36.2 Å². The van der Waals surface area contributed by atoms with Crippen molar-refractivity contribution in [3.63, 3.8) is 0 Å². The Labute approximate surface area is 226 Å². The normalized spacial score (nSPS) is 26.1. The van der Waals surface area contributed by atoms with E-state index in [1.54, 1.807) is 4.57 Å². The number of anilines is 1. The van der Waals surface area contributed by atoms with Crippen LogP contribution < -0.4 is 10.2 Å². The maximum Gasteiger partial charge on any atom is 0.308 e. The molecule has 3 aromatic carbocycles. The number of benzene rings is 3. The third-order valence-electron chi connectivity index (χ3n) is 8.29. The van der Waals surface area contributed by atoms with Crippen LogP contribution in [-0.2, 0) is 11.3 Å². The zero-order valence-electron chi connectivity index (χ0n) is 19.5. The molecule has 2 heterocycles. The monoisotopic (exact) mass is 576 g/mol. The lowest BCUT2D eigenvalue weighted by atomic mass is 9.75. The first kappa shape index (κ1) is 22.8. The van der Waals surface area contributed by atoms with Gasteiger partial charge in [0, 0.05) is 31.6 Å². The Morgan fingerprint density at radius 3 is 2.64 bits per heavy atom. The van der Waals surface area contributed by atoms with Gasteiger partial charge in [0.1, 0.15) is 6.54 Å². The molecular weight excluding hydrogens is 552 g/mol. The molecule has 0 saturated heterocycles. The molecule has 1 aromatic heterocycles. The molecule has 1 amide bonds. The van der Waals surface area contributed by atoms with Gasteiger partial charge in [-0.05, 0) is 66.2 Å². The average molecular weight is 578 g/mol. The summed E-state index contributed by atoms with van der Waals surface area (Å²) < 4.78 is 2.80. The van der Waals surface area contributed by atoms with Gasteiger partial charge in [0.2, 0.25) is 5.91 Å². The number of thioether (sulfide) groups is 1. The lowest BCUT2D eigenvalue weighted by Gasteiger charge is -2.40. The fourth-order valence-electron chi connectivity index (χ4n) is 6.80. The second-order valence-corrected chi connectivity index (χ2v) is 13.3. The van der Waals surface area contributed by atoms with E-state index in [4.69, 9.17) is 0 Å². The summed E-state index contributed by atoms with van der Waals surface area (Å²) in [6.07, 6.45) is 3.89. The number of nitrogens with zero attached hydrogens (tertiary/aromatic N) is 1. The van der Waals surface area contributed by atoms with E-state index in [1.807, 2.05) is 54.2 Å². The minimum absolute atomic E-state index is 0.0324. The number of hydrogen-bond donors (Lipinski definition) is 1. The van der Waals surface area contributed by atoms with Crippen LogP contribution in [0.15, 0.2) is 81.0 Å². The molecule has 5 atom stereocenters. The third kappa shape index (κ3) is 3.70. The number of hydrogen-bond acceptors (Lipinski definition) is 4. The molecule has 4 unspecified atom stereocenters. The van der Waals surface area contributed by atoms with Crippen molar-refractivity contribution in [2.75, 3.05) is 5.32 Å². The Balaban J connectivity index is 1.25. The summed E-state index contributed by atoms with van der Waals surface area (Å²) in [7, 11) is 0. The smallest absolute Gasteiger partial charge is 0.308 e. The fraction of sp³-hybridized carbons (Fsp3) is 0.310. The third-order valence-corrected chi connectivity index (χ3v) is 11.6. The number of amides is 1. The summed E-state index contributed by atoms with van der Waals surface area (Å²) in [5.74, 6) is 2.08. The molecule has 1 aliphatic heterocycles. The highest BCUT2D eigenvalue weighted by Gasteiger charge is 2.55. The number of carbonyl (C=O) groups is 1. The molecule has 0 radical (unpaired) electrons. The number of fused-ring (bicyclic) bond motifs is 7. The van der Waals surface area contributed by atoms with Gasteiger partial charge in [0.05, 0.1) is 5.03 Å². The topological polar surface area (TPSA) is 51.1 Å². The van der Waals surface area contributed by atoms with Crippen LogP contribution >= 0.6 is 39.0 Å². The summed E-state index contributed by atoms with van der Waals surface area (Å²) in [5, 5.41) is 6.69. The summed E-state index contributed by atoms with van der Waals surface area (Å²) in [6.45, 7) is 0.0411. The molecular formula is C29H25BrN2O2S2. The molecule has 3 aliphatic rings. The highest BCUT2D eigenvalue weighted by atomic mass is 79.9. The van der Waals surface area contributed by atoms with Gasteiger partial charge in [-0.2, -0.15) is 0 Å². The zero-order valence-corrected chi connectivity index (χ0v) is 22.7. The van der Waals surface area contributed by atoms with Crippen LogP contribution in [0.25, 0.3) is 10.8 Å². The molecule has 2 saturated carbocycles. The first-order chi connectivity index (χ1) is 17.6. The fourth-order valence-corrected chi connectivity index (χ4v) is 10.2. The first-order valence-corrected chi connectivity index (χ1v) is 15.0. The lowest BCUT2D eigenvalue weighted by molar-refractivity contribution is -0.116. The maximum absolute atomic E-state index is 13.3. The molecule has 7 heteroatoms. The molecule has 2 bridgehead atoms. The van der Waals surface area contributed by atoms with Crippen LogP contribution in [0.2, 0.25) is 0 Å². The molecule has 2 fully saturated rings. The minimum Gasteiger partial charge on any atom is -0.324 e. The van der Waals surface area contributed by atoms with Crippen molar-refractivity contribution in [3.8, 4) is 0 Å². The SMILES string of the molecule is O=C(Cn1c2c(sc1=O)[C@H](c1ccc(Br)cc1)C1C3CCC(C3)C1S2)Nc1cccc2ccccc12. The first-order valence-electron chi connectivity index (χ1n) is 12.5. The van der Waals surface area contributed by atoms with Gasteiger partial charge in [-0.25, -0.2) is 0 Å². The number of halogens is 1. The highest BCUT2D eigenvalue weighted by Crippen LogP contribution is 2.64. The van der Waals surface area contributed by atoms with Gasteiger partial charge in [0.15, 0.2) is 0 Å². The largest absolute Gasteiger partial charge is 0.324 e. The Kier molecular flexibility index (Phi) is 5.64. The second-order valence-electron chi connectivity index (χ2n) is 10.2. The Morgan fingerprint density at radius 1 is 1.00 bits per heavy atom. The standard InChI is InChI=1S/C29H25BrN2O2S2/c30-20-12-10-17(11-13-20)24-25-18-8-9-19(14-18)26(25)35-28-27(24)36-29(34)32(28)15-23(33)31-22-7-3-5-16-4-1-2-6-21(16)22/h1-7,10-13,18-19,24-26H,8-9,14-15H2,(H,31,33)/t18?,19?,24-,25?,26?/m1/s1. The van der Waals surface area contributed by atoms with Crippen LogP contribution in [0.4, 0.5) is 5.69 Å². The van der Waals surface area contributed by atoms with Crippen molar-refractivity contribution in [1.29, 1.82) is 0 Å². The zero-order chi connectivity index (χ0) is 24.4. The van der Waals surface area contributed by atoms with Crippen molar-refractivity contribution in [2.24, 2.45) is 17.8 Å². The highest BCUT2D eigenvalue weighted by molar-refractivity contribution is 9.10. The van der Waals surface area contributed by atoms with Gasteiger partial charge < -0.3 is 5.32 Å². The lowest BCUT2D eigenvalue weighted by Crippen LogP contribution is -2.34. The average Bonchev–Trinajstić information content (AvgIpc) is 3.58. The van der Waals surface area contributed by atoms with Gasteiger partial charge in [-0.15, -0.1) is 11.8 Å². The van der Waals surface area contributed by atoms with Crippen LogP contribution in [0.1, 0.15) is 35.6 Å². The maximum atomic E-state index is 13.3. The number of aromatic nitrogens is 1. The van der Waals surface area contributed by atoms with E-state index < -0.39 is 0 Å².